The number of nitrogens with zero attached hydrogens (tertiary/aromatic N) is 2. The average molecular weight is 332 g/mol. The van der Waals surface area contributed by atoms with Crippen molar-refractivity contribution in [2.24, 2.45) is 5.41 Å². The van der Waals surface area contributed by atoms with Gasteiger partial charge in [0.05, 0.1) is 13.3 Å². The summed E-state index contributed by atoms with van der Waals surface area (Å²) in [7, 11) is 3.28. The molecule has 6 heteroatoms. The number of carbonyl (C=O) groups is 2. The van der Waals surface area contributed by atoms with Gasteiger partial charge >= 0.3 is 12.1 Å². The van der Waals surface area contributed by atoms with Gasteiger partial charge in [-0.15, -0.1) is 0 Å². The third-order valence-electron chi connectivity index (χ3n) is 4.85. The second-order valence-corrected chi connectivity index (χ2v) is 7.62. The molecule has 1 aromatic rings. The summed E-state index contributed by atoms with van der Waals surface area (Å²) in [5.74, 6) is -0.444. The molecule has 3 atom stereocenters. The second-order valence-electron chi connectivity index (χ2n) is 7.62. The first-order chi connectivity index (χ1) is 11.2. The SMILES string of the molecule is COC(=O)[C@@]12CN(C)[C@@H](C(C)(C)C)N1C(=O)OC2c1ccccc1. The number of esters is 1. The highest BCUT2D eigenvalue weighted by atomic mass is 16.6. The van der Waals surface area contributed by atoms with Crippen molar-refractivity contribution in [1.82, 2.24) is 9.80 Å². The molecule has 3 rings (SSSR count). The maximum Gasteiger partial charge on any atom is 0.412 e. The highest BCUT2D eigenvalue weighted by molar-refractivity contribution is 5.91. The van der Waals surface area contributed by atoms with Gasteiger partial charge in [-0.2, -0.15) is 0 Å². The van der Waals surface area contributed by atoms with Crippen LogP contribution in [0.2, 0.25) is 0 Å². The molecule has 2 aliphatic heterocycles. The van der Waals surface area contributed by atoms with Crippen LogP contribution >= 0.6 is 0 Å². The van der Waals surface area contributed by atoms with E-state index in [-0.39, 0.29) is 11.6 Å². The van der Waals surface area contributed by atoms with Gasteiger partial charge in [-0.05, 0) is 18.0 Å². The van der Waals surface area contributed by atoms with Gasteiger partial charge in [0.15, 0.2) is 11.6 Å². The molecule has 2 heterocycles. The van der Waals surface area contributed by atoms with Crippen LogP contribution in [0.5, 0.6) is 0 Å². The topological polar surface area (TPSA) is 59.1 Å². The predicted molar refractivity (Wildman–Crippen MR) is 88.1 cm³/mol. The first-order valence-corrected chi connectivity index (χ1v) is 8.07. The fourth-order valence-corrected chi connectivity index (χ4v) is 4.15. The second kappa shape index (κ2) is 5.48. The van der Waals surface area contributed by atoms with Gasteiger partial charge in [0.25, 0.3) is 0 Å². The van der Waals surface area contributed by atoms with Crippen molar-refractivity contribution in [2.75, 3.05) is 20.7 Å². The quantitative estimate of drug-likeness (QED) is 0.779. The number of fused-ring (bicyclic) bond motifs is 1. The highest BCUT2D eigenvalue weighted by Gasteiger charge is 2.69. The Morgan fingerprint density at radius 3 is 2.46 bits per heavy atom. The molecule has 0 aromatic heterocycles. The lowest BCUT2D eigenvalue weighted by atomic mass is 9.86. The van der Waals surface area contributed by atoms with E-state index in [1.165, 1.54) is 7.11 Å². The van der Waals surface area contributed by atoms with Crippen molar-refractivity contribution in [3.63, 3.8) is 0 Å². The van der Waals surface area contributed by atoms with E-state index in [1.54, 1.807) is 4.90 Å². The molecule has 2 fully saturated rings. The fourth-order valence-electron chi connectivity index (χ4n) is 4.15. The van der Waals surface area contributed by atoms with Crippen molar-refractivity contribution < 1.29 is 19.1 Å². The van der Waals surface area contributed by atoms with E-state index in [0.29, 0.717) is 6.54 Å². The molecule has 0 radical (unpaired) electrons. The Morgan fingerprint density at radius 1 is 1.29 bits per heavy atom. The van der Waals surface area contributed by atoms with Gasteiger partial charge in [0.1, 0.15) is 0 Å². The van der Waals surface area contributed by atoms with E-state index in [2.05, 4.69) is 0 Å². The van der Waals surface area contributed by atoms with Crippen LogP contribution in [0, 0.1) is 5.41 Å². The van der Waals surface area contributed by atoms with Gasteiger partial charge in [-0.1, -0.05) is 51.1 Å². The molecule has 0 aliphatic carbocycles. The zero-order valence-electron chi connectivity index (χ0n) is 14.8. The Kier molecular flexibility index (Phi) is 3.83. The number of benzene rings is 1. The number of rotatable bonds is 2. The van der Waals surface area contributed by atoms with Crippen LogP contribution in [-0.4, -0.2) is 54.3 Å². The first kappa shape index (κ1) is 16.8. The van der Waals surface area contributed by atoms with E-state index in [4.69, 9.17) is 9.47 Å². The smallest absolute Gasteiger partial charge is 0.412 e. The number of cyclic esters (lactones) is 1. The van der Waals surface area contributed by atoms with Gasteiger partial charge in [-0.25, -0.2) is 9.59 Å². The molecule has 0 saturated carbocycles. The van der Waals surface area contributed by atoms with E-state index in [9.17, 15) is 9.59 Å². The van der Waals surface area contributed by atoms with Gasteiger partial charge in [-0.3, -0.25) is 9.80 Å². The average Bonchev–Trinajstić information content (AvgIpc) is 2.99. The van der Waals surface area contributed by atoms with Crippen molar-refractivity contribution in [2.45, 2.75) is 38.6 Å². The summed E-state index contributed by atoms with van der Waals surface area (Å²) in [6, 6.07) is 9.38. The molecule has 2 saturated heterocycles. The van der Waals surface area contributed by atoms with Crippen LogP contribution in [0.1, 0.15) is 32.4 Å². The Balaban J connectivity index is 2.16. The van der Waals surface area contributed by atoms with Crippen molar-refractivity contribution >= 4 is 12.1 Å². The monoisotopic (exact) mass is 332 g/mol. The Bertz CT molecular complexity index is 655. The molecule has 0 N–H and O–H groups in total. The lowest BCUT2D eigenvalue weighted by Gasteiger charge is -2.38. The van der Waals surface area contributed by atoms with Crippen LogP contribution in [0.25, 0.3) is 0 Å². The number of carbonyl (C=O) groups excluding carboxylic acids is 2. The molecule has 130 valence electrons. The lowest BCUT2D eigenvalue weighted by Crippen LogP contribution is -2.56. The third kappa shape index (κ3) is 2.20. The van der Waals surface area contributed by atoms with Crippen molar-refractivity contribution in [3.05, 3.63) is 35.9 Å². The van der Waals surface area contributed by atoms with Gasteiger partial charge < -0.3 is 9.47 Å². The number of ether oxygens (including phenoxy) is 2. The summed E-state index contributed by atoms with van der Waals surface area (Å²) in [5.41, 5.74) is -0.614. The molecule has 0 spiro atoms. The van der Waals surface area contributed by atoms with Crippen LogP contribution in [0.15, 0.2) is 30.3 Å². The molecular weight excluding hydrogens is 308 g/mol. The molecule has 1 amide bonds. The zero-order valence-corrected chi connectivity index (χ0v) is 14.8. The summed E-state index contributed by atoms with van der Waals surface area (Å²) in [5, 5.41) is 0. The Hall–Kier alpha value is -2.08. The maximum absolute atomic E-state index is 12.8. The summed E-state index contributed by atoms with van der Waals surface area (Å²) in [6.45, 7) is 6.51. The third-order valence-corrected chi connectivity index (χ3v) is 4.85. The fraction of sp³-hybridized carbons (Fsp3) is 0.556. The molecule has 6 nitrogen and oxygen atoms in total. The Morgan fingerprint density at radius 2 is 1.92 bits per heavy atom. The minimum absolute atomic E-state index is 0.241. The number of hydrogen-bond donors (Lipinski definition) is 0. The summed E-state index contributed by atoms with van der Waals surface area (Å²) in [6.07, 6.45) is -1.41. The number of methoxy groups -OCH3 is 1. The zero-order chi connectivity index (χ0) is 17.7. The van der Waals surface area contributed by atoms with E-state index in [0.717, 1.165) is 5.56 Å². The Labute approximate surface area is 142 Å². The first-order valence-electron chi connectivity index (χ1n) is 8.07. The normalized spacial score (nSPS) is 30.2. The summed E-state index contributed by atoms with van der Waals surface area (Å²) < 4.78 is 10.8. The van der Waals surface area contributed by atoms with Gasteiger partial charge in [0, 0.05) is 6.54 Å². The van der Waals surface area contributed by atoms with Gasteiger partial charge in [0.2, 0.25) is 0 Å². The molecular formula is C18H24N2O4. The van der Waals surface area contributed by atoms with E-state index in [1.807, 2.05) is 63.1 Å². The number of amides is 1. The standard InChI is InChI=1S/C18H24N2O4/c1-17(2,3)14-19(4)11-18(15(21)23-5)13(24-16(22)20(14)18)12-9-7-6-8-10-12/h6-10,13-14H,11H2,1-5H3/t13?,14-,18+/m1/s1. The maximum atomic E-state index is 12.8. The molecule has 24 heavy (non-hydrogen) atoms. The van der Waals surface area contributed by atoms with Crippen molar-refractivity contribution in [3.8, 4) is 0 Å². The van der Waals surface area contributed by atoms with Crippen LogP contribution in [0.3, 0.4) is 0 Å². The van der Waals surface area contributed by atoms with Crippen LogP contribution in [-0.2, 0) is 14.3 Å². The summed E-state index contributed by atoms with van der Waals surface area (Å²) >= 11 is 0. The molecule has 1 unspecified atom stereocenters. The highest BCUT2D eigenvalue weighted by Crippen LogP contribution is 2.51. The van der Waals surface area contributed by atoms with E-state index < -0.39 is 23.7 Å². The predicted octanol–water partition coefficient (Wildman–Crippen LogP) is 2.41. The molecule has 1 aromatic carbocycles. The molecule has 0 bridgehead atoms. The molecule has 2 aliphatic rings. The van der Waals surface area contributed by atoms with Crippen molar-refractivity contribution in [1.29, 1.82) is 0 Å². The lowest BCUT2D eigenvalue weighted by molar-refractivity contribution is -0.153. The van der Waals surface area contributed by atoms with Crippen LogP contribution in [0.4, 0.5) is 4.79 Å². The number of hydrogen-bond acceptors (Lipinski definition) is 5. The number of likely N-dealkylation sites (N-methyl/N-ethyl adjacent to an activating group) is 1. The largest absolute Gasteiger partial charge is 0.467 e. The minimum Gasteiger partial charge on any atom is -0.467 e. The van der Waals surface area contributed by atoms with E-state index >= 15 is 0 Å². The summed E-state index contributed by atoms with van der Waals surface area (Å²) in [4.78, 5) is 29.2. The van der Waals surface area contributed by atoms with Crippen LogP contribution < -0.4 is 0 Å². The minimum atomic E-state index is -1.17.